The molecule has 0 saturated carbocycles. The number of hydrogen-bond acceptors (Lipinski definition) is 6. The van der Waals surface area contributed by atoms with Crippen molar-refractivity contribution in [3.63, 3.8) is 0 Å². The van der Waals surface area contributed by atoms with Gasteiger partial charge < -0.3 is 15.0 Å². The maximum Gasteiger partial charge on any atom is 0.246 e. The first-order valence-corrected chi connectivity index (χ1v) is 10.7. The number of aryl methyl sites for hydroxylation is 1. The fraction of sp³-hybridized carbons (Fsp3) is 0.364. The van der Waals surface area contributed by atoms with Crippen LogP contribution in [0.25, 0.3) is 5.69 Å². The number of hydrogen-bond donors (Lipinski definition) is 1. The summed E-state index contributed by atoms with van der Waals surface area (Å²) in [6.07, 6.45) is 1.54. The van der Waals surface area contributed by atoms with Gasteiger partial charge in [0.25, 0.3) is 0 Å². The summed E-state index contributed by atoms with van der Waals surface area (Å²) in [5, 5.41) is 7.99. The summed E-state index contributed by atoms with van der Waals surface area (Å²) in [5.41, 5.74) is 3.78. The van der Waals surface area contributed by atoms with Gasteiger partial charge >= 0.3 is 0 Å². The molecule has 1 aromatic heterocycles. The zero-order valence-corrected chi connectivity index (χ0v) is 18.0. The minimum atomic E-state index is -0.416. The number of nitrogens with zero attached hydrogens (tertiary/aromatic N) is 5. The number of halogens is 2. The second kappa shape index (κ2) is 8.45. The Balaban J connectivity index is 0.00000245. The number of anilines is 3. The average molecular weight is 445 g/mol. The van der Waals surface area contributed by atoms with Crippen LogP contribution in [0.1, 0.15) is 6.99 Å². The third-order valence-electron chi connectivity index (χ3n) is 5.74. The van der Waals surface area contributed by atoms with E-state index in [1.807, 2.05) is 0 Å². The van der Waals surface area contributed by atoms with Gasteiger partial charge in [0.1, 0.15) is 12.1 Å². The van der Waals surface area contributed by atoms with Gasteiger partial charge in [-0.15, -0.1) is 5.10 Å². The predicted molar refractivity (Wildman–Crippen MR) is 121 cm³/mol. The van der Waals surface area contributed by atoms with Gasteiger partial charge in [0, 0.05) is 44.0 Å². The van der Waals surface area contributed by atoms with E-state index < -0.39 is 5.82 Å². The summed E-state index contributed by atoms with van der Waals surface area (Å²) in [6.45, 7) is 7.89. The lowest BCUT2D eigenvalue weighted by molar-refractivity contribution is -0.0660. The molecule has 0 amide bonds. The standard InChI is InChI=1S/C22H24ClFN6O.H2/c1-15-6-18(11-19(7-15)28-2-4-29(5-3-28)21-12-31-13-21)26-22-25-14-30(27-22)20-9-16(23)8-17(24)10-20;/h6-11,14,21H,2-5,12-13H2,1H3,(H,26,27);1H. The van der Waals surface area contributed by atoms with Crippen molar-refractivity contribution in [1.82, 2.24) is 19.7 Å². The summed E-state index contributed by atoms with van der Waals surface area (Å²) in [6, 6.07) is 11.2. The monoisotopic (exact) mass is 444 g/mol. The van der Waals surface area contributed by atoms with Crippen LogP contribution < -0.4 is 10.2 Å². The van der Waals surface area contributed by atoms with E-state index in [1.165, 1.54) is 28.8 Å². The smallest absolute Gasteiger partial charge is 0.246 e. The highest BCUT2D eigenvalue weighted by Crippen LogP contribution is 2.26. The number of piperazine rings is 1. The summed E-state index contributed by atoms with van der Waals surface area (Å²) < 4.78 is 20.5. The van der Waals surface area contributed by atoms with Gasteiger partial charge in [-0.05, 0) is 48.9 Å². The molecular formula is C22H26ClFN6O. The molecule has 9 heteroatoms. The van der Waals surface area contributed by atoms with Gasteiger partial charge in [-0.2, -0.15) is 4.98 Å². The molecule has 7 nitrogen and oxygen atoms in total. The van der Waals surface area contributed by atoms with Crippen molar-refractivity contribution in [3.05, 3.63) is 59.1 Å². The molecule has 0 atom stereocenters. The van der Waals surface area contributed by atoms with E-state index in [-0.39, 0.29) is 1.43 Å². The molecule has 2 aromatic carbocycles. The first-order valence-electron chi connectivity index (χ1n) is 10.4. The molecule has 0 bridgehead atoms. The first kappa shape index (κ1) is 20.2. The van der Waals surface area contributed by atoms with Crippen LogP contribution in [0.4, 0.5) is 21.7 Å². The third-order valence-corrected chi connectivity index (χ3v) is 5.96. The Morgan fingerprint density at radius 2 is 1.87 bits per heavy atom. The lowest BCUT2D eigenvalue weighted by Gasteiger charge is -2.43. The van der Waals surface area contributed by atoms with Crippen molar-refractivity contribution in [2.45, 2.75) is 13.0 Å². The van der Waals surface area contributed by atoms with Crippen LogP contribution in [0.5, 0.6) is 0 Å². The number of rotatable bonds is 5. The molecule has 2 aliphatic heterocycles. The van der Waals surface area contributed by atoms with Crippen molar-refractivity contribution in [2.75, 3.05) is 49.6 Å². The van der Waals surface area contributed by atoms with Gasteiger partial charge in [0.2, 0.25) is 5.95 Å². The molecule has 31 heavy (non-hydrogen) atoms. The molecule has 164 valence electrons. The normalized spacial score (nSPS) is 17.6. The zero-order chi connectivity index (χ0) is 21.4. The minimum absolute atomic E-state index is 0. The molecule has 3 heterocycles. The highest BCUT2D eigenvalue weighted by molar-refractivity contribution is 6.30. The maximum absolute atomic E-state index is 13.6. The van der Waals surface area contributed by atoms with E-state index >= 15 is 0 Å². The van der Waals surface area contributed by atoms with E-state index in [1.54, 1.807) is 6.07 Å². The lowest BCUT2D eigenvalue weighted by atomic mass is 10.1. The largest absolute Gasteiger partial charge is 0.378 e. The maximum atomic E-state index is 13.6. The van der Waals surface area contributed by atoms with Gasteiger partial charge in [-0.1, -0.05) is 11.6 Å². The van der Waals surface area contributed by atoms with E-state index in [4.69, 9.17) is 16.3 Å². The van der Waals surface area contributed by atoms with Crippen LogP contribution in [0.3, 0.4) is 0 Å². The SMILES string of the molecule is Cc1cc(Nc2ncn(-c3cc(F)cc(Cl)c3)n2)cc(N2CCN(C3COC3)CC2)c1.[HH]. The van der Waals surface area contributed by atoms with E-state index in [2.05, 4.69) is 50.3 Å². The minimum Gasteiger partial charge on any atom is -0.378 e. The number of nitrogens with one attached hydrogen (secondary N) is 1. The van der Waals surface area contributed by atoms with E-state index in [0.29, 0.717) is 22.7 Å². The highest BCUT2D eigenvalue weighted by Gasteiger charge is 2.29. The molecule has 0 radical (unpaired) electrons. The Hall–Kier alpha value is -2.68. The third kappa shape index (κ3) is 4.51. The summed E-state index contributed by atoms with van der Waals surface area (Å²) in [5.74, 6) is 0.0208. The van der Waals surface area contributed by atoms with Gasteiger partial charge in [-0.3, -0.25) is 4.90 Å². The molecule has 2 fully saturated rings. The lowest BCUT2D eigenvalue weighted by Crippen LogP contribution is -2.56. The topological polar surface area (TPSA) is 58.5 Å². The van der Waals surface area contributed by atoms with Crippen LogP contribution in [0.15, 0.2) is 42.7 Å². The first-order chi connectivity index (χ1) is 15.0. The molecule has 5 rings (SSSR count). The second-order valence-electron chi connectivity index (χ2n) is 8.04. The van der Waals surface area contributed by atoms with Crippen molar-refractivity contribution < 1.29 is 10.6 Å². The fourth-order valence-electron chi connectivity index (χ4n) is 4.04. The molecule has 0 aliphatic carbocycles. The Bertz CT molecular complexity index is 1060. The van der Waals surface area contributed by atoms with Crippen LogP contribution >= 0.6 is 11.6 Å². The van der Waals surface area contributed by atoms with Gasteiger partial charge in [0.15, 0.2) is 0 Å². The molecule has 0 spiro atoms. The van der Waals surface area contributed by atoms with Crippen molar-refractivity contribution >= 4 is 28.9 Å². The Morgan fingerprint density at radius 1 is 1.06 bits per heavy atom. The van der Waals surface area contributed by atoms with Crippen LogP contribution in [-0.2, 0) is 4.74 Å². The number of benzene rings is 2. The Morgan fingerprint density at radius 3 is 2.58 bits per heavy atom. The number of aromatic nitrogens is 3. The molecule has 2 saturated heterocycles. The Labute approximate surface area is 186 Å². The van der Waals surface area contributed by atoms with Crippen LogP contribution in [0, 0.1) is 12.7 Å². The molecule has 0 unspecified atom stereocenters. The summed E-state index contributed by atoms with van der Waals surface area (Å²) >= 11 is 5.95. The Kier molecular flexibility index (Phi) is 5.52. The second-order valence-corrected chi connectivity index (χ2v) is 8.47. The molecule has 1 N–H and O–H groups in total. The zero-order valence-electron chi connectivity index (χ0n) is 17.3. The number of ether oxygens (including phenoxy) is 1. The average Bonchev–Trinajstić information content (AvgIpc) is 3.14. The molecule has 2 aliphatic rings. The van der Waals surface area contributed by atoms with E-state index in [9.17, 15) is 4.39 Å². The predicted octanol–water partition coefficient (Wildman–Crippen LogP) is 3.88. The summed E-state index contributed by atoms with van der Waals surface area (Å²) in [4.78, 5) is 9.24. The van der Waals surface area contributed by atoms with Crippen molar-refractivity contribution in [1.29, 1.82) is 0 Å². The molecule has 3 aromatic rings. The quantitative estimate of drug-likeness (QED) is 0.644. The van der Waals surface area contributed by atoms with Crippen molar-refractivity contribution in [2.24, 2.45) is 0 Å². The van der Waals surface area contributed by atoms with Crippen LogP contribution in [-0.4, -0.2) is 65.1 Å². The summed E-state index contributed by atoms with van der Waals surface area (Å²) in [7, 11) is 0. The fourth-order valence-corrected chi connectivity index (χ4v) is 4.26. The van der Waals surface area contributed by atoms with Gasteiger partial charge in [0.05, 0.1) is 24.9 Å². The van der Waals surface area contributed by atoms with Crippen LogP contribution in [0.2, 0.25) is 5.02 Å². The van der Waals surface area contributed by atoms with E-state index in [0.717, 1.165) is 50.6 Å². The van der Waals surface area contributed by atoms with Gasteiger partial charge in [-0.25, -0.2) is 9.07 Å². The highest BCUT2D eigenvalue weighted by atomic mass is 35.5. The van der Waals surface area contributed by atoms with Crippen molar-refractivity contribution in [3.8, 4) is 5.69 Å². The molecular weight excluding hydrogens is 419 g/mol.